The molecule has 0 saturated carbocycles. The average Bonchev–Trinajstić information content (AvgIpc) is 2.94. The third-order valence-electron chi connectivity index (χ3n) is 3.58. The number of nitrogens with zero attached hydrogens (tertiary/aromatic N) is 2. The minimum Gasteiger partial charge on any atom is -0.391 e. The van der Waals surface area contributed by atoms with Crippen LogP contribution in [0.5, 0.6) is 0 Å². The molecule has 2 atom stereocenters. The molecule has 0 spiro atoms. The standard InChI is InChI=1S/C17H22F3N3O2/c1-3-4-10-21-15-22-14(13-8-6-5-7-9-13)16(23-15,17(18,19)20)25-11-12(2)24/h5-9,12,24H,3-4,10-11H2,1-2H3,(H,21,23). The summed E-state index contributed by atoms with van der Waals surface area (Å²) in [5.74, 6) is -0.116. The molecule has 138 valence electrons. The highest BCUT2D eigenvalue weighted by molar-refractivity contribution is 6.16. The third-order valence-corrected chi connectivity index (χ3v) is 3.58. The summed E-state index contributed by atoms with van der Waals surface area (Å²) in [4.78, 5) is 7.79. The number of benzene rings is 1. The van der Waals surface area contributed by atoms with Gasteiger partial charge in [-0.2, -0.15) is 13.2 Å². The number of halogens is 3. The van der Waals surface area contributed by atoms with Gasteiger partial charge in [0.1, 0.15) is 5.71 Å². The summed E-state index contributed by atoms with van der Waals surface area (Å²) in [5, 5.41) is 12.2. The number of ether oxygens (including phenoxy) is 1. The van der Waals surface area contributed by atoms with Crippen molar-refractivity contribution in [2.75, 3.05) is 13.2 Å². The van der Waals surface area contributed by atoms with E-state index in [0.29, 0.717) is 6.54 Å². The zero-order valence-corrected chi connectivity index (χ0v) is 14.2. The number of aliphatic hydroxyl groups is 1. The minimum absolute atomic E-state index is 0.116. The average molecular weight is 357 g/mol. The van der Waals surface area contributed by atoms with Crippen molar-refractivity contribution in [3.63, 3.8) is 0 Å². The Hall–Kier alpha value is -1.93. The number of unbranched alkanes of at least 4 members (excludes halogenated alkanes) is 1. The largest absolute Gasteiger partial charge is 0.445 e. The molecule has 1 heterocycles. The lowest BCUT2D eigenvalue weighted by atomic mass is 10.00. The Morgan fingerprint density at radius 3 is 2.52 bits per heavy atom. The first-order valence-corrected chi connectivity index (χ1v) is 8.17. The normalized spacial score (nSPS) is 21.7. The van der Waals surface area contributed by atoms with Gasteiger partial charge in [0.2, 0.25) is 5.96 Å². The topological polar surface area (TPSA) is 66.2 Å². The van der Waals surface area contributed by atoms with E-state index in [-0.39, 0.29) is 17.2 Å². The Kier molecular flexibility index (Phi) is 6.18. The molecule has 1 aromatic carbocycles. The van der Waals surface area contributed by atoms with Crippen molar-refractivity contribution in [3.8, 4) is 0 Å². The molecule has 0 bridgehead atoms. The van der Waals surface area contributed by atoms with E-state index >= 15 is 0 Å². The van der Waals surface area contributed by atoms with Crippen LogP contribution in [0.1, 0.15) is 32.3 Å². The molecule has 2 unspecified atom stereocenters. The SMILES string of the molecule is CCCCNC1=NC(OCC(C)O)(C(F)(F)F)C(c2ccccc2)=N1. The van der Waals surface area contributed by atoms with Crippen LogP contribution in [0.3, 0.4) is 0 Å². The molecule has 0 amide bonds. The highest BCUT2D eigenvalue weighted by atomic mass is 19.4. The van der Waals surface area contributed by atoms with Gasteiger partial charge in [0.05, 0.1) is 12.7 Å². The molecule has 0 aromatic heterocycles. The number of guanidine groups is 1. The zero-order chi connectivity index (χ0) is 18.5. The van der Waals surface area contributed by atoms with Crippen LogP contribution in [0.25, 0.3) is 0 Å². The van der Waals surface area contributed by atoms with Gasteiger partial charge in [0.15, 0.2) is 0 Å². The van der Waals surface area contributed by atoms with Crippen molar-refractivity contribution in [3.05, 3.63) is 35.9 Å². The number of nitrogens with one attached hydrogen (secondary N) is 1. The summed E-state index contributed by atoms with van der Waals surface area (Å²) in [6.45, 7) is 3.27. The van der Waals surface area contributed by atoms with Gasteiger partial charge < -0.3 is 15.2 Å². The Bertz CT molecular complexity index is 630. The number of aliphatic hydroxyl groups excluding tert-OH is 1. The molecule has 0 radical (unpaired) electrons. The van der Waals surface area contributed by atoms with E-state index in [1.54, 1.807) is 18.2 Å². The van der Waals surface area contributed by atoms with Crippen LogP contribution in [-0.4, -0.2) is 47.9 Å². The predicted octanol–water partition coefficient (Wildman–Crippen LogP) is 2.89. The number of rotatable bonds is 7. The van der Waals surface area contributed by atoms with Crippen LogP contribution in [0.2, 0.25) is 0 Å². The van der Waals surface area contributed by atoms with Gasteiger partial charge in [-0.15, -0.1) is 0 Å². The monoisotopic (exact) mass is 357 g/mol. The fourth-order valence-corrected chi connectivity index (χ4v) is 2.34. The lowest BCUT2D eigenvalue weighted by Gasteiger charge is -2.30. The Morgan fingerprint density at radius 2 is 1.96 bits per heavy atom. The molecule has 5 nitrogen and oxygen atoms in total. The maximum Gasteiger partial charge on any atom is 0.445 e. The number of hydrogen-bond donors (Lipinski definition) is 2. The molecule has 1 aromatic rings. The van der Waals surface area contributed by atoms with E-state index in [4.69, 9.17) is 4.74 Å². The smallest absolute Gasteiger partial charge is 0.391 e. The number of hydrogen-bond acceptors (Lipinski definition) is 5. The first-order chi connectivity index (χ1) is 11.8. The zero-order valence-electron chi connectivity index (χ0n) is 14.2. The van der Waals surface area contributed by atoms with Gasteiger partial charge in [-0.25, -0.2) is 9.98 Å². The number of alkyl halides is 3. The Balaban J connectivity index is 2.44. The van der Waals surface area contributed by atoms with E-state index in [2.05, 4.69) is 15.3 Å². The van der Waals surface area contributed by atoms with Gasteiger partial charge in [0.25, 0.3) is 0 Å². The van der Waals surface area contributed by atoms with Crippen LogP contribution in [-0.2, 0) is 4.74 Å². The van der Waals surface area contributed by atoms with E-state index in [1.807, 2.05) is 6.92 Å². The highest BCUT2D eigenvalue weighted by Gasteiger charge is 2.63. The quantitative estimate of drug-likeness (QED) is 0.738. The van der Waals surface area contributed by atoms with Gasteiger partial charge >= 0.3 is 11.9 Å². The molecule has 2 rings (SSSR count). The fourth-order valence-electron chi connectivity index (χ4n) is 2.34. The van der Waals surface area contributed by atoms with Gasteiger partial charge in [0, 0.05) is 12.1 Å². The van der Waals surface area contributed by atoms with Gasteiger partial charge in [-0.1, -0.05) is 43.7 Å². The second-order valence-corrected chi connectivity index (χ2v) is 5.84. The number of aliphatic imine (C=N–C) groups is 2. The van der Waals surface area contributed by atoms with Crippen LogP contribution in [0.4, 0.5) is 13.2 Å². The van der Waals surface area contributed by atoms with E-state index in [1.165, 1.54) is 19.1 Å². The summed E-state index contributed by atoms with van der Waals surface area (Å²) in [6.07, 6.45) is -4.23. The predicted molar refractivity (Wildman–Crippen MR) is 89.7 cm³/mol. The molecule has 25 heavy (non-hydrogen) atoms. The van der Waals surface area contributed by atoms with Crippen LogP contribution < -0.4 is 5.32 Å². The molecular weight excluding hydrogens is 335 g/mol. The summed E-state index contributed by atoms with van der Waals surface area (Å²) in [7, 11) is 0. The minimum atomic E-state index is -4.83. The van der Waals surface area contributed by atoms with Crippen LogP contribution >= 0.6 is 0 Å². The Labute approximate surface area is 144 Å². The third kappa shape index (κ3) is 4.38. The van der Waals surface area contributed by atoms with Gasteiger partial charge in [-0.05, 0) is 13.3 Å². The second-order valence-electron chi connectivity index (χ2n) is 5.84. The molecule has 8 heteroatoms. The fraction of sp³-hybridized carbons (Fsp3) is 0.529. The molecular formula is C17H22F3N3O2. The maximum atomic E-state index is 13.9. The van der Waals surface area contributed by atoms with Crippen molar-refractivity contribution in [1.29, 1.82) is 0 Å². The van der Waals surface area contributed by atoms with Crippen molar-refractivity contribution < 1.29 is 23.0 Å². The highest BCUT2D eigenvalue weighted by Crippen LogP contribution is 2.41. The van der Waals surface area contributed by atoms with Crippen LogP contribution in [0, 0.1) is 0 Å². The first-order valence-electron chi connectivity index (χ1n) is 8.17. The van der Waals surface area contributed by atoms with E-state index in [0.717, 1.165) is 12.8 Å². The summed E-state index contributed by atoms with van der Waals surface area (Å²) >= 11 is 0. The lowest BCUT2D eigenvalue weighted by Crippen LogP contribution is -2.52. The molecule has 0 fully saturated rings. The summed E-state index contributed by atoms with van der Waals surface area (Å²) in [5.41, 5.74) is -3.00. The molecule has 0 aliphatic carbocycles. The lowest BCUT2D eigenvalue weighted by molar-refractivity contribution is -0.248. The summed E-state index contributed by atoms with van der Waals surface area (Å²) < 4.78 is 46.9. The van der Waals surface area contributed by atoms with Crippen molar-refractivity contribution in [2.24, 2.45) is 9.98 Å². The molecule has 2 N–H and O–H groups in total. The molecule has 1 aliphatic heterocycles. The van der Waals surface area contributed by atoms with Crippen molar-refractivity contribution in [1.82, 2.24) is 5.32 Å². The van der Waals surface area contributed by atoms with Gasteiger partial charge in [-0.3, -0.25) is 0 Å². The second kappa shape index (κ2) is 7.97. The van der Waals surface area contributed by atoms with Crippen LogP contribution in [0.15, 0.2) is 40.3 Å². The molecule has 1 aliphatic rings. The van der Waals surface area contributed by atoms with E-state index < -0.39 is 24.6 Å². The molecule has 0 saturated heterocycles. The van der Waals surface area contributed by atoms with Crippen molar-refractivity contribution >= 4 is 11.7 Å². The first kappa shape index (κ1) is 19.4. The maximum absolute atomic E-state index is 13.9. The van der Waals surface area contributed by atoms with E-state index in [9.17, 15) is 18.3 Å². The van der Waals surface area contributed by atoms with Crippen molar-refractivity contribution in [2.45, 2.75) is 44.7 Å². The Morgan fingerprint density at radius 1 is 1.28 bits per heavy atom. The summed E-state index contributed by atoms with van der Waals surface area (Å²) in [6, 6.07) is 7.99.